The van der Waals surface area contributed by atoms with Crippen LogP contribution >= 0.6 is 11.6 Å². The van der Waals surface area contributed by atoms with E-state index < -0.39 is 27.8 Å². The number of carbonyl (C=O) groups is 2. The van der Waals surface area contributed by atoms with E-state index in [2.05, 4.69) is 0 Å². The fourth-order valence-electron chi connectivity index (χ4n) is 2.12. The zero-order chi connectivity index (χ0) is 15.8. The average molecular weight is 331 g/mol. The summed E-state index contributed by atoms with van der Waals surface area (Å²) in [4.78, 5) is 26.8. The van der Waals surface area contributed by atoms with Gasteiger partial charge in [-0.25, -0.2) is 13.2 Å². The normalized spacial score (nSPS) is 19.5. The van der Waals surface area contributed by atoms with Crippen LogP contribution in [0, 0.1) is 0 Å². The Kier molecular flexibility index (Phi) is 4.25. The maximum Gasteiger partial charge on any atom is 0.332 e. The molecule has 0 aliphatic carbocycles. The van der Waals surface area contributed by atoms with Crippen molar-refractivity contribution in [3.63, 3.8) is 0 Å². The highest BCUT2D eigenvalue weighted by Crippen LogP contribution is 2.26. The largest absolute Gasteiger partial charge is 0.332 e. The first-order chi connectivity index (χ1) is 9.70. The van der Waals surface area contributed by atoms with Gasteiger partial charge < -0.3 is 0 Å². The van der Waals surface area contributed by atoms with Crippen LogP contribution in [-0.4, -0.2) is 49.9 Å². The first-order valence-corrected chi connectivity index (χ1v) is 8.72. The molecule has 0 radical (unpaired) electrons. The minimum absolute atomic E-state index is 0.134. The lowest BCUT2D eigenvalue weighted by molar-refractivity contribution is -0.126. The molecule has 0 aromatic heterocycles. The van der Waals surface area contributed by atoms with Gasteiger partial charge in [0.05, 0.1) is 5.75 Å². The number of anilines is 1. The minimum atomic E-state index is -3.25. The molecule has 0 bridgehead atoms. The molecular formula is C13H15ClN2O4S. The fraction of sp³-hybridized carbons (Fsp3) is 0.385. The van der Waals surface area contributed by atoms with Crippen molar-refractivity contribution in [3.05, 3.63) is 29.3 Å². The van der Waals surface area contributed by atoms with Gasteiger partial charge in [0.2, 0.25) is 0 Å². The first kappa shape index (κ1) is 15.8. The molecule has 0 saturated carbocycles. The van der Waals surface area contributed by atoms with E-state index in [0.29, 0.717) is 10.7 Å². The van der Waals surface area contributed by atoms with E-state index in [1.54, 1.807) is 31.2 Å². The molecular weight excluding hydrogens is 316 g/mol. The maximum atomic E-state index is 12.3. The summed E-state index contributed by atoms with van der Waals surface area (Å²) in [5, 5.41) is 0.526. The van der Waals surface area contributed by atoms with Crippen LogP contribution in [0.25, 0.3) is 0 Å². The predicted molar refractivity (Wildman–Crippen MR) is 80.2 cm³/mol. The van der Waals surface area contributed by atoms with Gasteiger partial charge in [-0.1, -0.05) is 11.6 Å². The second-order valence-electron chi connectivity index (χ2n) is 4.92. The van der Waals surface area contributed by atoms with Crippen molar-refractivity contribution in [2.75, 3.05) is 23.5 Å². The molecule has 1 saturated heterocycles. The Hall–Kier alpha value is -1.60. The van der Waals surface area contributed by atoms with Crippen molar-refractivity contribution in [2.45, 2.75) is 13.0 Å². The summed E-state index contributed by atoms with van der Waals surface area (Å²) >= 11 is 5.80. The van der Waals surface area contributed by atoms with Gasteiger partial charge in [-0.05, 0) is 31.2 Å². The van der Waals surface area contributed by atoms with Crippen molar-refractivity contribution < 1.29 is 18.0 Å². The number of hydrogen-bond acceptors (Lipinski definition) is 4. The lowest BCUT2D eigenvalue weighted by Crippen LogP contribution is -2.36. The number of sulfone groups is 1. The molecule has 21 heavy (non-hydrogen) atoms. The third-order valence-corrected chi connectivity index (χ3v) is 4.41. The molecule has 1 unspecified atom stereocenters. The van der Waals surface area contributed by atoms with E-state index in [1.165, 1.54) is 4.90 Å². The number of benzene rings is 1. The minimum Gasteiger partial charge on any atom is -0.282 e. The SMILES string of the molecule is CC1C(=O)N(CCS(C)(=O)=O)C(=O)N1c1ccc(Cl)cc1. The molecule has 1 aromatic rings. The van der Waals surface area contributed by atoms with E-state index >= 15 is 0 Å². The van der Waals surface area contributed by atoms with Crippen molar-refractivity contribution in [1.29, 1.82) is 0 Å². The van der Waals surface area contributed by atoms with Gasteiger partial charge in [-0.15, -0.1) is 0 Å². The average Bonchev–Trinajstić information content (AvgIpc) is 2.59. The van der Waals surface area contributed by atoms with Crippen LogP contribution < -0.4 is 4.90 Å². The third kappa shape index (κ3) is 3.36. The van der Waals surface area contributed by atoms with Crippen LogP contribution in [-0.2, 0) is 14.6 Å². The topological polar surface area (TPSA) is 74.8 Å². The van der Waals surface area contributed by atoms with E-state index in [9.17, 15) is 18.0 Å². The second kappa shape index (κ2) is 5.65. The summed E-state index contributed by atoms with van der Waals surface area (Å²) in [6.45, 7) is 1.47. The third-order valence-electron chi connectivity index (χ3n) is 3.24. The van der Waals surface area contributed by atoms with Crippen molar-refractivity contribution in [1.82, 2.24) is 4.90 Å². The molecule has 0 spiro atoms. The second-order valence-corrected chi connectivity index (χ2v) is 7.62. The molecule has 8 heteroatoms. The summed E-state index contributed by atoms with van der Waals surface area (Å²) in [5.41, 5.74) is 0.548. The molecule has 1 aliphatic heterocycles. The number of hydrogen-bond donors (Lipinski definition) is 0. The van der Waals surface area contributed by atoms with Crippen molar-refractivity contribution in [3.8, 4) is 0 Å². The maximum absolute atomic E-state index is 12.3. The van der Waals surface area contributed by atoms with Crippen LogP contribution in [0.5, 0.6) is 0 Å². The molecule has 6 nitrogen and oxygen atoms in total. The van der Waals surface area contributed by atoms with E-state index in [-0.39, 0.29) is 12.3 Å². The molecule has 1 aliphatic rings. The van der Waals surface area contributed by atoms with Gasteiger partial charge in [0.1, 0.15) is 15.9 Å². The zero-order valence-corrected chi connectivity index (χ0v) is 13.2. The Morgan fingerprint density at radius 1 is 1.19 bits per heavy atom. The fourth-order valence-corrected chi connectivity index (χ4v) is 2.76. The molecule has 1 fully saturated rings. The summed E-state index contributed by atoms with van der Waals surface area (Å²) in [7, 11) is -3.25. The Labute approximate surface area is 128 Å². The van der Waals surface area contributed by atoms with Crippen LogP contribution in [0.15, 0.2) is 24.3 Å². The van der Waals surface area contributed by atoms with Crippen LogP contribution in [0.4, 0.5) is 10.5 Å². The van der Waals surface area contributed by atoms with Crippen molar-refractivity contribution >= 4 is 39.1 Å². The van der Waals surface area contributed by atoms with Gasteiger partial charge in [-0.2, -0.15) is 0 Å². The number of imide groups is 1. The van der Waals surface area contributed by atoms with E-state index in [1.807, 2.05) is 0 Å². The standard InChI is InChI=1S/C13H15ClN2O4S/c1-9-12(17)15(7-8-21(2,19)20)13(18)16(9)11-5-3-10(14)4-6-11/h3-6,9H,7-8H2,1-2H3. The number of urea groups is 1. The zero-order valence-electron chi connectivity index (χ0n) is 11.6. The highest BCUT2D eigenvalue weighted by Gasteiger charge is 2.43. The summed E-state index contributed by atoms with van der Waals surface area (Å²) in [5.74, 6) is -0.648. The monoisotopic (exact) mass is 330 g/mol. The van der Waals surface area contributed by atoms with Crippen LogP contribution in [0.2, 0.25) is 5.02 Å². The number of rotatable bonds is 4. The van der Waals surface area contributed by atoms with Crippen LogP contribution in [0.1, 0.15) is 6.92 Å². The highest BCUT2D eigenvalue weighted by atomic mass is 35.5. The smallest absolute Gasteiger partial charge is 0.282 e. The quantitative estimate of drug-likeness (QED) is 0.785. The molecule has 114 valence electrons. The Bertz CT molecular complexity index is 672. The molecule has 1 atom stereocenters. The van der Waals surface area contributed by atoms with Gasteiger partial charge in [0.15, 0.2) is 0 Å². The lowest BCUT2D eigenvalue weighted by atomic mass is 10.2. The summed E-state index contributed by atoms with van der Waals surface area (Å²) in [6.07, 6.45) is 1.07. The first-order valence-electron chi connectivity index (χ1n) is 6.28. The molecule has 1 heterocycles. The summed E-state index contributed by atoms with van der Waals surface area (Å²) < 4.78 is 22.4. The molecule has 1 aromatic carbocycles. The number of nitrogens with zero attached hydrogens (tertiary/aromatic N) is 2. The lowest BCUT2D eigenvalue weighted by Gasteiger charge is -2.19. The van der Waals surface area contributed by atoms with Crippen molar-refractivity contribution in [2.24, 2.45) is 0 Å². The van der Waals surface area contributed by atoms with Gasteiger partial charge in [0, 0.05) is 23.5 Å². The summed E-state index contributed by atoms with van der Waals surface area (Å²) in [6, 6.07) is 5.35. The number of halogens is 1. The van der Waals surface area contributed by atoms with Gasteiger partial charge in [0.25, 0.3) is 5.91 Å². The van der Waals surface area contributed by atoms with Gasteiger partial charge >= 0.3 is 6.03 Å². The highest BCUT2D eigenvalue weighted by molar-refractivity contribution is 7.90. The van der Waals surface area contributed by atoms with E-state index in [4.69, 9.17) is 11.6 Å². The Morgan fingerprint density at radius 3 is 2.29 bits per heavy atom. The molecule has 2 rings (SSSR count). The van der Waals surface area contributed by atoms with Crippen LogP contribution in [0.3, 0.4) is 0 Å². The Morgan fingerprint density at radius 2 is 1.76 bits per heavy atom. The Balaban J connectivity index is 2.24. The number of amides is 3. The molecule has 0 N–H and O–H groups in total. The number of carbonyl (C=O) groups excluding carboxylic acids is 2. The van der Waals surface area contributed by atoms with Gasteiger partial charge in [-0.3, -0.25) is 14.6 Å². The van der Waals surface area contributed by atoms with E-state index in [0.717, 1.165) is 11.2 Å². The predicted octanol–water partition coefficient (Wildman–Crippen LogP) is 1.54. The molecule has 3 amide bonds.